The van der Waals surface area contributed by atoms with Crippen LogP contribution in [0.3, 0.4) is 0 Å². The standard InChI is InChI=1S/C14H21N5O.2ClH/c20-13(12-4-1-2-5-15-12)18-8-10-19(11-9-18)14-16-6-3-7-17-14;;/h3,6-7,12,15H,1-2,4-5,8-11H2;2*1H/t12-;;/m0../s1. The van der Waals surface area contributed by atoms with Gasteiger partial charge in [0.15, 0.2) is 0 Å². The summed E-state index contributed by atoms with van der Waals surface area (Å²) >= 11 is 0. The van der Waals surface area contributed by atoms with Gasteiger partial charge in [-0.1, -0.05) is 6.42 Å². The van der Waals surface area contributed by atoms with Crippen molar-refractivity contribution in [2.45, 2.75) is 25.3 Å². The minimum atomic E-state index is 0. The van der Waals surface area contributed by atoms with E-state index in [1.54, 1.807) is 12.4 Å². The van der Waals surface area contributed by atoms with E-state index in [-0.39, 0.29) is 36.8 Å². The molecule has 1 amide bonds. The molecule has 2 fully saturated rings. The molecule has 1 aromatic rings. The van der Waals surface area contributed by atoms with Gasteiger partial charge in [0.25, 0.3) is 0 Å². The van der Waals surface area contributed by atoms with E-state index in [0.29, 0.717) is 0 Å². The van der Waals surface area contributed by atoms with Gasteiger partial charge in [0.1, 0.15) is 0 Å². The third kappa shape index (κ3) is 4.44. The number of rotatable bonds is 2. The molecule has 0 bridgehead atoms. The average Bonchev–Trinajstić information content (AvgIpc) is 2.56. The van der Waals surface area contributed by atoms with E-state index in [0.717, 1.165) is 51.5 Å². The van der Waals surface area contributed by atoms with Crippen molar-refractivity contribution in [3.8, 4) is 0 Å². The van der Waals surface area contributed by atoms with Gasteiger partial charge < -0.3 is 15.1 Å². The Morgan fingerprint density at radius 3 is 2.36 bits per heavy atom. The second kappa shape index (κ2) is 9.12. The number of anilines is 1. The van der Waals surface area contributed by atoms with Crippen molar-refractivity contribution in [2.75, 3.05) is 37.6 Å². The van der Waals surface area contributed by atoms with Crippen LogP contribution in [0, 0.1) is 0 Å². The van der Waals surface area contributed by atoms with Gasteiger partial charge in [-0.05, 0) is 25.5 Å². The molecule has 3 rings (SSSR count). The van der Waals surface area contributed by atoms with Crippen molar-refractivity contribution >= 4 is 36.7 Å². The van der Waals surface area contributed by atoms with Gasteiger partial charge >= 0.3 is 0 Å². The third-order valence-corrected chi connectivity index (χ3v) is 4.03. The molecule has 0 radical (unpaired) electrons. The summed E-state index contributed by atoms with van der Waals surface area (Å²) in [6, 6.07) is 1.85. The van der Waals surface area contributed by atoms with E-state index in [1.807, 2.05) is 11.0 Å². The van der Waals surface area contributed by atoms with Gasteiger partial charge in [-0.15, -0.1) is 24.8 Å². The lowest BCUT2D eigenvalue weighted by Gasteiger charge is -2.37. The Morgan fingerprint density at radius 2 is 1.77 bits per heavy atom. The Bertz CT molecular complexity index is 448. The number of carbonyl (C=O) groups excluding carboxylic acids is 1. The number of halogens is 2. The summed E-state index contributed by atoms with van der Waals surface area (Å²) in [6.07, 6.45) is 6.82. The minimum absolute atomic E-state index is 0. The third-order valence-electron chi connectivity index (χ3n) is 4.03. The molecule has 1 atom stereocenters. The molecule has 0 unspecified atom stereocenters. The van der Waals surface area contributed by atoms with E-state index < -0.39 is 0 Å². The molecule has 2 aliphatic heterocycles. The van der Waals surface area contributed by atoms with Gasteiger partial charge in [0, 0.05) is 38.6 Å². The molecule has 124 valence electrons. The van der Waals surface area contributed by atoms with Crippen LogP contribution in [0.5, 0.6) is 0 Å². The lowest BCUT2D eigenvalue weighted by atomic mass is 10.0. The largest absolute Gasteiger partial charge is 0.338 e. The molecule has 22 heavy (non-hydrogen) atoms. The summed E-state index contributed by atoms with van der Waals surface area (Å²) in [5, 5.41) is 3.33. The van der Waals surface area contributed by atoms with Crippen LogP contribution < -0.4 is 10.2 Å². The van der Waals surface area contributed by atoms with Crippen molar-refractivity contribution in [3.63, 3.8) is 0 Å². The number of piperidine rings is 1. The number of hydrogen-bond acceptors (Lipinski definition) is 5. The highest BCUT2D eigenvalue weighted by atomic mass is 35.5. The highest BCUT2D eigenvalue weighted by Crippen LogP contribution is 2.14. The Kier molecular flexibility index (Phi) is 7.85. The molecule has 0 aliphatic carbocycles. The molecule has 0 aromatic carbocycles. The number of amides is 1. The molecule has 2 aliphatic rings. The van der Waals surface area contributed by atoms with Gasteiger partial charge in [0.05, 0.1) is 6.04 Å². The molecule has 0 spiro atoms. The van der Waals surface area contributed by atoms with E-state index in [2.05, 4.69) is 20.2 Å². The zero-order chi connectivity index (χ0) is 13.8. The number of aromatic nitrogens is 2. The summed E-state index contributed by atoms with van der Waals surface area (Å²) < 4.78 is 0. The monoisotopic (exact) mass is 347 g/mol. The summed E-state index contributed by atoms with van der Waals surface area (Å²) in [5.74, 6) is 1.02. The van der Waals surface area contributed by atoms with Crippen LogP contribution in [0.15, 0.2) is 18.5 Å². The number of hydrogen-bond donors (Lipinski definition) is 1. The van der Waals surface area contributed by atoms with Crippen LogP contribution in [-0.4, -0.2) is 59.5 Å². The lowest BCUT2D eigenvalue weighted by Crippen LogP contribution is -2.55. The van der Waals surface area contributed by atoms with Crippen LogP contribution >= 0.6 is 24.8 Å². The second-order valence-corrected chi connectivity index (χ2v) is 5.36. The molecule has 0 saturated carbocycles. The molecular weight excluding hydrogens is 325 g/mol. The highest BCUT2D eigenvalue weighted by Gasteiger charge is 2.28. The molecule has 2 saturated heterocycles. The first-order chi connectivity index (χ1) is 9.84. The van der Waals surface area contributed by atoms with Crippen LogP contribution in [0.1, 0.15) is 19.3 Å². The highest BCUT2D eigenvalue weighted by molar-refractivity contribution is 5.85. The topological polar surface area (TPSA) is 61.4 Å². The Labute approximate surface area is 143 Å². The zero-order valence-electron chi connectivity index (χ0n) is 12.5. The Balaban J connectivity index is 0.00000121. The van der Waals surface area contributed by atoms with E-state index in [1.165, 1.54) is 6.42 Å². The molecule has 6 nitrogen and oxygen atoms in total. The quantitative estimate of drug-likeness (QED) is 0.868. The van der Waals surface area contributed by atoms with Crippen molar-refractivity contribution in [1.29, 1.82) is 0 Å². The number of piperazine rings is 1. The fraction of sp³-hybridized carbons (Fsp3) is 0.643. The maximum absolute atomic E-state index is 12.4. The summed E-state index contributed by atoms with van der Waals surface area (Å²) in [6.45, 7) is 4.10. The van der Waals surface area contributed by atoms with Crippen molar-refractivity contribution in [2.24, 2.45) is 0 Å². The maximum atomic E-state index is 12.4. The smallest absolute Gasteiger partial charge is 0.239 e. The lowest BCUT2D eigenvalue weighted by molar-refractivity contribution is -0.134. The van der Waals surface area contributed by atoms with Crippen LogP contribution in [-0.2, 0) is 4.79 Å². The minimum Gasteiger partial charge on any atom is -0.338 e. The predicted octanol–water partition coefficient (Wildman–Crippen LogP) is 1.11. The normalized spacial score (nSPS) is 21.5. The van der Waals surface area contributed by atoms with Crippen LogP contribution in [0.4, 0.5) is 5.95 Å². The number of nitrogens with one attached hydrogen (secondary N) is 1. The van der Waals surface area contributed by atoms with Crippen LogP contribution in [0.2, 0.25) is 0 Å². The zero-order valence-corrected chi connectivity index (χ0v) is 14.1. The maximum Gasteiger partial charge on any atom is 0.239 e. The van der Waals surface area contributed by atoms with Gasteiger partial charge in [-0.3, -0.25) is 4.79 Å². The molecule has 8 heteroatoms. The van der Waals surface area contributed by atoms with E-state index in [4.69, 9.17) is 0 Å². The second-order valence-electron chi connectivity index (χ2n) is 5.36. The molecule has 1 aromatic heterocycles. The van der Waals surface area contributed by atoms with Crippen molar-refractivity contribution < 1.29 is 4.79 Å². The number of nitrogens with zero attached hydrogens (tertiary/aromatic N) is 4. The Hall–Kier alpha value is -1.11. The first-order valence-electron chi connectivity index (χ1n) is 7.39. The fourth-order valence-electron chi connectivity index (χ4n) is 2.86. The summed E-state index contributed by atoms with van der Waals surface area (Å²) in [7, 11) is 0. The van der Waals surface area contributed by atoms with Gasteiger partial charge in [-0.2, -0.15) is 0 Å². The van der Waals surface area contributed by atoms with Gasteiger partial charge in [-0.25, -0.2) is 9.97 Å². The van der Waals surface area contributed by atoms with Crippen LogP contribution in [0.25, 0.3) is 0 Å². The number of carbonyl (C=O) groups is 1. The van der Waals surface area contributed by atoms with E-state index in [9.17, 15) is 4.79 Å². The van der Waals surface area contributed by atoms with Gasteiger partial charge in [0.2, 0.25) is 11.9 Å². The van der Waals surface area contributed by atoms with Crippen molar-refractivity contribution in [1.82, 2.24) is 20.2 Å². The molecule has 3 heterocycles. The van der Waals surface area contributed by atoms with E-state index >= 15 is 0 Å². The first-order valence-corrected chi connectivity index (χ1v) is 7.39. The van der Waals surface area contributed by atoms with Crippen molar-refractivity contribution in [3.05, 3.63) is 18.5 Å². The Morgan fingerprint density at radius 1 is 1.09 bits per heavy atom. The molecular formula is C14H23Cl2N5O. The molecule has 1 N–H and O–H groups in total. The summed E-state index contributed by atoms with van der Waals surface area (Å²) in [4.78, 5) is 25.0. The summed E-state index contributed by atoms with van der Waals surface area (Å²) in [5.41, 5.74) is 0. The average molecular weight is 348 g/mol. The fourth-order valence-corrected chi connectivity index (χ4v) is 2.86. The first kappa shape index (κ1) is 18.9. The SMILES string of the molecule is Cl.Cl.O=C([C@@H]1CCCCN1)N1CCN(c2ncccn2)CC1. The predicted molar refractivity (Wildman–Crippen MR) is 91.0 cm³/mol.